The second-order valence-corrected chi connectivity index (χ2v) is 7.12. The molecular weight excluding hydrogens is 240 g/mol. The van der Waals surface area contributed by atoms with Crippen LogP contribution in [0, 0.1) is 0 Å². The third kappa shape index (κ3) is 3.91. The lowest BCUT2D eigenvalue weighted by Crippen LogP contribution is -2.48. The Morgan fingerprint density at radius 2 is 2.29 bits per heavy atom. The first-order valence-electron chi connectivity index (χ1n) is 6.37. The number of ether oxygens (including phenoxy) is 1. The lowest BCUT2D eigenvalue weighted by molar-refractivity contribution is -0.0260. The van der Waals surface area contributed by atoms with E-state index in [-0.39, 0.29) is 17.9 Å². The van der Waals surface area contributed by atoms with Crippen LogP contribution in [0.4, 0.5) is 0 Å². The fourth-order valence-electron chi connectivity index (χ4n) is 2.45. The molecule has 1 N–H and O–H groups in total. The number of morpholine rings is 1. The monoisotopic (exact) mass is 262 g/mol. The third-order valence-electron chi connectivity index (χ3n) is 3.54. The third-order valence-corrected chi connectivity index (χ3v) is 5.30. The summed E-state index contributed by atoms with van der Waals surface area (Å²) in [6.45, 7) is 6.70. The van der Waals surface area contributed by atoms with Crippen LogP contribution in [0.15, 0.2) is 0 Å². The van der Waals surface area contributed by atoms with Gasteiger partial charge in [0.2, 0.25) is 0 Å². The van der Waals surface area contributed by atoms with Crippen LogP contribution in [0.5, 0.6) is 0 Å². The highest BCUT2D eigenvalue weighted by molar-refractivity contribution is 7.91. The Bertz CT molecular complexity index is 345. The highest BCUT2D eigenvalue weighted by Crippen LogP contribution is 2.12. The zero-order valence-corrected chi connectivity index (χ0v) is 11.2. The molecule has 0 amide bonds. The first-order valence-corrected chi connectivity index (χ1v) is 8.19. The minimum atomic E-state index is -2.78. The van der Waals surface area contributed by atoms with Crippen LogP contribution >= 0.6 is 0 Å². The van der Waals surface area contributed by atoms with Crippen LogP contribution in [-0.4, -0.2) is 69.8 Å². The predicted octanol–water partition coefficient (Wildman–Crippen LogP) is -0.516. The number of rotatable bonds is 4. The van der Waals surface area contributed by atoms with Crippen molar-refractivity contribution in [2.45, 2.75) is 25.5 Å². The number of hydrogen-bond donors (Lipinski definition) is 1. The smallest absolute Gasteiger partial charge is 0.151 e. The summed E-state index contributed by atoms with van der Waals surface area (Å²) in [5.41, 5.74) is 0. The van der Waals surface area contributed by atoms with E-state index in [9.17, 15) is 8.42 Å². The highest BCUT2D eigenvalue weighted by atomic mass is 32.2. The van der Waals surface area contributed by atoms with Gasteiger partial charge in [-0.2, -0.15) is 0 Å². The van der Waals surface area contributed by atoms with Gasteiger partial charge in [0.25, 0.3) is 0 Å². The van der Waals surface area contributed by atoms with Gasteiger partial charge in [-0.05, 0) is 13.0 Å². The molecule has 2 rings (SSSR count). The van der Waals surface area contributed by atoms with E-state index < -0.39 is 9.84 Å². The molecule has 2 aliphatic rings. The van der Waals surface area contributed by atoms with Crippen molar-refractivity contribution in [3.8, 4) is 0 Å². The summed E-state index contributed by atoms with van der Waals surface area (Å²) in [4.78, 5) is 2.36. The molecular formula is C11H22N2O3S. The van der Waals surface area contributed by atoms with Crippen molar-refractivity contribution in [3.05, 3.63) is 0 Å². The Morgan fingerprint density at radius 3 is 2.94 bits per heavy atom. The van der Waals surface area contributed by atoms with Crippen LogP contribution in [-0.2, 0) is 14.6 Å². The molecule has 0 radical (unpaired) electrons. The van der Waals surface area contributed by atoms with E-state index in [1.54, 1.807) is 0 Å². The van der Waals surface area contributed by atoms with Crippen molar-refractivity contribution in [1.29, 1.82) is 0 Å². The molecule has 0 aromatic rings. The molecule has 0 aromatic heterocycles. The first-order chi connectivity index (χ1) is 8.09. The molecule has 6 heteroatoms. The standard InChI is InChI=1S/C11H22N2O3S/c1-2-13-4-5-16-11(8-13)7-12-10-3-6-17(14,15)9-10/h10-12H,2-9H2,1H3. The van der Waals surface area contributed by atoms with E-state index in [0.29, 0.717) is 5.75 Å². The summed E-state index contributed by atoms with van der Waals surface area (Å²) < 4.78 is 28.3. The van der Waals surface area contributed by atoms with Gasteiger partial charge in [-0.15, -0.1) is 0 Å². The number of sulfone groups is 1. The van der Waals surface area contributed by atoms with Crippen molar-refractivity contribution in [2.24, 2.45) is 0 Å². The second-order valence-electron chi connectivity index (χ2n) is 4.89. The summed E-state index contributed by atoms with van der Waals surface area (Å²) in [6, 6.07) is 0.126. The fourth-order valence-corrected chi connectivity index (χ4v) is 4.15. The highest BCUT2D eigenvalue weighted by Gasteiger charge is 2.28. The van der Waals surface area contributed by atoms with Gasteiger partial charge in [-0.25, -0.2) is 8.42 Å². The summed E-state index contributed by atoms with van der Waals surface area (Å²) in [7, 11) is -2.78. The molecule has 17 heavy (non-hydrogen) atoms. The van der Waals surface area contributed by atoms with E-state index >= 15 is 0 Å². The van der Waals surface area contributed by atoms with Crippen molar-refractivity contribution in [1.82, 2.24) is 10.2 Å². The van der Waals surface area contributed by atoms with E-state index in [1.165, 1.54) is 0 Å². The fraction of sp³-hybridized carbons (Fsp3) is 1.00. The molecule has 2 fully saturated rings. The van der Waals surface area contributed by atoms with Gasteiger partial charge in [-0.3, -0.25) is 4.90 Å². The molecule has 2 unspecified atom stereocenters. The van der Waals surface area contributed by atoms with Crippen molar-refractivity contribution >= 4 is 9.84 Å². The SMILES string of the molecule is CCN1CCOC(CNC2CCS(=O)(=O)C2)C1. The van der Waals surface area contributed by atoms with E-state index in [4.69, 9.17) is 4.74 Å². The van der Waals surface area contributed by atoms with Crippen molar-refractivity contribution < 1.29 is 13.2 Å². The first kappa shape index (κ1) is 13.3. The van der Waals surface area contributed by atoms with Crippen molar-refractivity contribution in [3.63, 3.8) is 0 Å². The molecule has 0 bridgehead atoms. The molecule has 0 aromatic carbocycles. The summed E-state index contributed by atoms with van der Waals surface area (Å²) in [6.07, 6.45) is 0.944. The van der Waals surface area contributed by atoms with E-state index in [0.717, 1.165) is 39.2 Å². The lowest BCUT2D eigenvalue weighted by atomic mass is 10.2. The van der Waals surface area contributed by atoms with Gasteiger partial charge < -0.3 is 10.1 Å². The largest absolute Gasteiger partial charge is 0.374 e. The lowest BCUT2D eigenvalue weighted by Gasteiger charge is -2.32. The zero-order chi connectivity index (χ0) is 12.3. The van der Waals surface area contributed by atoms with Crippen LogP contribution in [0.1, 0.15) is 13.3 Å². The molecule has 0 saturated carbocycles. The minimum absolute atomic E-state index is 0.126. The number of likely N-dealkylation sites (N-methyl/N-ethyl adjacent to an activating group) is 1. The van der Waals surface area contributed by atoms with E-state index in [1.807, 2.05) is 0 Å². The Kier molecular flexibility index (Phi) is 4.41. The van der Waals surface area contributed by atoms with Gasteiger partial charge in [0, 0.05) is 25.7 Å². The van der Waals surface area contributed by atoms with Crippen LogP contribution < -0.4 is 5.32 Å². The van der Waals surface area contributed by atoms with E-state index in [2.05, 4.69) is 17.1 Å². The van der Waals surface area contributed by atoms with Gasteiger partial charge in [-0.1, -0.05) is 6.92 Å². The molecule has 5 nitrogen and oxygen atoms in total. The van der Waals surface area contributed by atoms with Gasteiger partial charge in [0.1, 0.15) is 0 Å². The van der Waals surface area contributed by atoms with Crippen LogP contribution in [0.25, 0.3) is 0 Å². The summed E-state index contributed by atoms with van der Waals surface area (Å²) in [5, 5.41) is 3.32. The zero-order valence-electron chi connectivity index (χ0n) is 10.4. The Morgan fingerprint density at radius 1 is 1.47 bits per heavy atom. The normalized spacial score (nSPS) is 33.9. The second kappa shape index (κ2) is 5.65. The number of nitrogens with zero attached hydrogens (tertiary/aromatic N) is 1. The molecule has 2 aliphatic heterocycles. The van der Waals surface area contributed by atoms with Gasteiger partial charge >= 0.3 is 0 Å². The Hall–Kier alpha value is -0.170. The predicted molar refractivity (Wildman–Crippen MR) is 66.9 cm³/mol. The maximum absolute atomic E-state index is 11.3. The summed E-state index contributed by atoms with van der Waals surface area (Å²) in [5.74, 6) is 0.620. The van der Waals surface area contributed by atoms with Crippen LogP contribution in [0.3, 0.4) is 0 Å². The number of nitrogens with one attached hydrogen (secondary N) is 1. The minimum Gasteiger partial charge on any atom is -0.374 e. The number of hydrogen-bond acceptors (Lipinski definition) is 5. The average Bonchev–Trinajstić information content (AvgIpc) is 2.67. The quantitative estimate of drug-likeness (QED) is 0.739. The summed E-state index contributed by atoms with van der Waals surface area (Å²) >= 11 is 0. The maximum atomic E-state index is 11.3. The molecule has 0 aliphatic carbocycles. The van der Waals surface area contributed by atoms with Crippen LogP contribution in [0.2, 0.25) is 0 Å². The molecule has 100 valence electrons. The topological polar surface area (TPSA) is 58.6 Å². The average molecular weight is 262 g/mol. The molecule has 2 atom stereocenters. The molecule has 2 heterocycles. The Labute approximate surface area is 103 Å². The molecule has 0 spiro atoms. The van der Waals surface area contributed by atoms with Gasteiger partial charge in [0.05, 0.1) is 24.2 Å². The van der Waals surface area contributed by atoms with Crippen molar-refractivity contribution in [2.75, 3.05) is 44.3 Å². The maximum Gasteiger partial charge on any atom is 0.151 e. The van der Waals surface area contributed by atoms with Gasteiger partial charge in [0.15, 0.2) is 9.84 Å². The molecule has 2 saturated heterocycles. The Balaban J connectivity index is 1.71.